The van der Waals surface area contributed by atoms with Gasteiger partial charge in [0.1, 0.15) is 6.54 Å². The molecule has 1 heterocycles. The Balaban J connectivity index is 1.95. The Bertz CT molecular complexity index is 1210. The maximum atomic E-state index is 13.2. The van der Waals surface area contributed by atoms with Crippen molar-refractivity contribution in [2.24, 2.45) is 0 Å². The topological polar surface area (TPSA) is 66.0 Å². The third-order valence-electron chi connectivity index (χ3n) is 4.39. The first-order valence-electron chi connectivity index (χ1n) is 9.10. The van der Waals surface area contributed by atoms with Crippen LogP contribution in [0.2, 0.25) is 0 Å². The molecular weight excluding hydrogens is 483 g/mol. The highest BCUT2D eigenvalue weighted by Crippen LogP contribution is 2.36. The Morgan fingerprint density at radius 2 is 1.59 bits per heavy atom. The van der Waals surface area contributed by atoms with E-state index in [1.54, 1.807) is 0 Å². The lowest BCUT2D eigenvalue weighted by molar-refractivity contribution is -0.138. The van der Waals surface area contributed by atoms with Crippen LogP contribution in [0.3, 0.4) is 0 Å². The zero-order chi connectivity index (χ0) is 25.3. The van der Waals surface area contributed by atoms with Crippen LogP contribution in [0.15, 0.2) is 46.9 Å². The van der Waals surface area contributed by atoms with Crippen molar-refractivity contribution in [2.75, 3.05) is 11.4 Å². The smallest absolute Gasteiger partial charge is 0.417 e. The summed E-state index contributed by atoms with van der Waals surface area (Å²) in [6.07, 6.45) is -14.5. The van der Waals surface area contributed by atoms with Crippen molar-refractivity contribution < 1.29 is 43.9 Å². The predicted molar refractivity (Wildman–Crippen MR) is 98.0 cm³/mol. The van der Waals surface area contributed by atoms with Crippen molar-refractivity contribution in [1.29, 1.82) is 5.26 Å². The van der Waals surface area contributed by atoms with E-state index in [9.17, 15) is 39.5 Å². The normalized spacial score (nSPS) is 12.5. The third kappa shape index (κ3) is 5.97. The highest BCUT2D eigenvalue weighted by molar-refractivity contribution is 5.56. The van der Waals surface area contributed by atoms with E-state index in [1.807, 2.05) is 0 Å². The van der Waals surface area contributed by atoms with Gasteiger partial charge in [-0.3, -0.25) is 0 Å². The molecule has 0 aliphatic rings. The molecule has 2 aromatic carbocycles. The maximum absolute atomic E-state index is 13.2. The van der Waals surface area contributed by atoms with Crippen LogP contribution >= 0.6 is 0 Å². The first-order chi connectivity index (χ1) is 15.7. The summed E-state index contributed by atoms with van der Waals surface area (Å²) in [7, 11) is 0. The molecule has 5 nitrogen and oxygen atoms in total. The lowest BCUT2D eigenvalue weighted by atomic mass is 10.1. The van der Waals surface area contributed by atoms with E-state index in [4.69, 9.17) is 9.68 Å². The second-order valence-electron chi connectivity index (χ2n) is 6.89. The minimum atomic E-state index is -5.01. The van der Waals surface area contributed by atoms with Crippen LogP contribution in [0.5, 0.6) is 0 Å². The number of halogens is 9. The molecule has 0 N–H and O–H groups in total. The van der Waals surface area contributed by atoms with E-state index < -0.39 is 65.8 Å². The number of hydrogen-bond donors (Lipinski definition) is 0. The van der Waals surface area contributed by atoms with Gasteiger partial charge >= 0.3 is 18.5 Å². The van der Waals surface area contributed by atoms with E-state index in [2.05, 4.69) is 10.2 Å². The minimum Gasteiger partial charge on any atom is -0.419 e. The molecular formula is C20H11F9N4O. The van der Waals surface area contributed by atoms with Crippen LogP contribution in [0, 0.1) is 11.3 Å². The molecule has 0 fully saturated rings. The van der Waals surface area contributed by atoms with Gasteiger partial charge in [-0.2, -0.15) is 44.8 Å². The monoisotopic (exact) mass is 494 g/mol. The van der Waals surface area contributed by atoms with E-state index in [0.717, 1.165) is 24.3 Å². The van der Waals surface area contributed by atoms with Crippen molar-refractivity contribution in [1.82, 2.24) is 10.2 Å². The average molecular weight is 494 g/mol. The summed E-state index contributed by atoms with van der Waals surface area (Å²) in [6, 6.07) is 7.07. The lowest BCUT2D eigenvalue weighted by Gasteiger charge is -2.25. The molecule has 0 aliphatic heterocycles. The number of benzene rings is 2. The first-order valence-corrected chi connectivity index (χ1v) is 9.10. The molecule has 0 radical (unpaired) electrons. The SMILES string of the molecule is N#Cc1ccc(N(Cc2nnc(-c3cccc(C(F)(F)F)c3)o2)CC(F)(F)F)cc1C(F)(F)F. The van der Waals surface area contributed by atoms with Crippen molar-refractivity contribution in [3.63, 3.8) is 0 Å². The van der Waals surface area contributed by atoms with Crippen molar-refractivity contribution in [3.8, 4) is 17.5 Å². The summed E-state index contributed by atoms with van der Waals surface area (Å²) in [5, 5.41) is 15.9. The summed E-state index contributed by atoms with van der Waals surface area (Å²) in [5.74, 6) is -0.918. The highest BCUT2D eigenvalue weighted by atomic mass is 19.4. The molecule has 180 valence electrons. The fourth-order valence-electron chi connectivity index (χ4n) is 2.94. The Labute approximate surface area is 185 Å². The Morgan fingerprint density at radius 1 is 0.882 bits per heavy atom. The van der Waals surface area contributed by atoms with Crippen molar-refractivity contribution in [2.45, 2.75) is 25.1 Å². The van der Waals surface area contributed by atoms with Gasteiger partial charge in [-0.15, -0.1) is 10.2 Å². The molecule has 0 aliphatic carbocycles. The van der Waals surface area contributed by atoms with E-state index in [0.29, 0.717) is 17.0 Å². The summed E-state index contributed by atoms with van der Waals surface area (Å²) in [6.45, 7) is -2.52. The second kappa shape index (κ2) is 8.88. The van der Waals surface area contributed by atoms with Crippen LogP contribution in [0.4, 0.5) is 45.2 Å². The molecule has 3 aromatic rings. The number of nitrogens with zero attached hydrogens (tertiary/aromatic N) is 4. The van der Waals surface area contributed by atoms with Crippen LogP contribution < -0.4 is 4.90 Å². The van der Waals surface area contributed by atoms with E-state index in [-0.39, 0.29) is 5.56 Å². The Morgan fingerprint density at radius 3 is 2.18 bits per heavy atom. The largest absolute Gasteiger partial charge is 0.419 e. The number of aromatic nitrogens is 2. The van der Waals surface area contributed by atoms with Gasteiger partial charge in [0.05, 0.1) is 29.3 Å². The standard InChI is InChI=1S/C20H11F9N4O/c21-18(22,23)10-33(14-5-4-12(8-30)15(7-14)20(27,28)29)9-16-31-32-17(34-16)11-2-1-3-13(6-11)19(24,25)26/h1-7H,9-10H2. The average Bonchev–Trinajstić information content (AvgIpc) is 3.19. The molecule has 0 amide bonds. The molecule has 0 saturated heterocycles. The van der Waals surface area contributed by atoms with E-state index in [1.165, 1.54) is 12.1 Å². The fourth-order valence-corrected chi connectivity index (χ4v) is 2.94. The summed E-state index contributed by atoms with van der Waals surface area (Å²) < 4.78 is 123. The summed E-state index contributed by atoms with van der Waals surface area (Å²) >= 11 is 0. The van der Waals surface area contributed by atoms with Crippen molar-refractivity contribution >= 4 is 5.69 Å². The third-order valence-corrected chi connectivity index (χ3v) is 4.39. The van der Waals surface area contributed by atoms with Gasteiger partial charge < -0.3 is 9.32 Å². The van der Waals surface area contributed by atoms with Gasteiger partial charge in [0.2, 0.25) is 11.8 Å². The second-order valence-corrected chi connectivity index (χ2v) is 6.89. The molecule has 34 heavy (non-hydrogen) atoms. The van der Waals surface area contributed by atoms with Crippen LogP contribution in [0.25, 0.3) is 11.5 Å². The molecule has 0 bridgehead atoms. The van der Waals surface area contributed by atoms with Gasteiger partial charge in [-0.05, 0) is 36.4 Å². The number of alkyl halides is 9. The number of hydrogen-bond acceptors (Lipinski definition) is 5. The maximum Gasteiger partial charge on any atom is 0.417 e. The molecule has 14 heteroatoms. The number of rotatable bonds is 5. The van der Waals surface area contributed by atoms with Gasteiger partial charge in [0.15, 0.2) is 0 Å². The summed E-state index contributed by atoms with van der Waals surface area (Å²) in [5.41, 5.74) is -3.94. The highest BCUT2D eigenvalue weighted by Gasteiger charge is 2.36. The molecule has 3 rings (SSSR count). The Hall–Kier alpha value is -3.76. The quantitative estimate of drug-likeness (QED) is 0.395. The van der Waals surface area contributed by atoms with Gasteiger partial charge in [-0.25, -0.2) is 0 Å². The Kier molecular flexibility index (Phi) is 6.50. The number of nitriles is 1. The molecule has 0 atom stereocenters. The molecule has 0 unspecified atom stereocenters. The van der Waals surface area contributed by atoms with Gasteiger partial charge in [0, 0.05) is 11.3 Å². The molecule has 1 aromatic heterocycles. The van der Waals surface area contributed by atoms with Gasteiger partial charge in [0.25, 0.3) is 0 Å². The van der Waals surface area contributed by atoms with Crippen LogP contribution in [0.1, 0.15) is 22.6 Å². The zero-order valence-electron chi connectivity index (χ0n) is 16.6. The number of anilines is 1. The fraction of sp³-hybridized carbons (Fsp3) is 0.250. The molecule has 0 saturated carbocycles. The van der Waals surface area contributed by atoms with Crippen molar-refractivity contribution in [3.05, 3.63) is 65.0 Å². The van der Waals surface area contributed by atoms with Gasteiger partial charge in [-0.1, -0.05) is 6.07 Å². The lowest BCUT2D eigenvalue weighted by Crippen LogP contribution is -2.34. The minimum absolute atomic E-state index is 0.159. The predicted octanol–water partition coefficient (Wildman–Crippen LogP) is 6.21. The van der Waals surface area contributed by atoms with Crippen LogP contribution in [-0.2, 0) is 18.9 Å². The summed E-state index contributed by atoms with van der Waals surface area (Å²) in [4.78, 5) is 0.458. The van der Waals surface area contributed by atoms with E-state index >= 15 is 0 Å². The van der Waals surface area contributed by atoms with Crippen LogP contribution in [-0.4, -0.2) is 22.9 Å². The first kappa shape index (κ1) is 24.9. The zero-order valence-corrected chi connectivity index (χ0v) is 16.6. The molecule has 0 spiro atoms.